The molecule has 1 rings (SSSR count). The fraction of sp³-hybridized carbons (Fsp3) is 0.462. The van der Waals surface area contributed by atoms with Crippen LogP contribution in [0.1, 0.15) is 19.4 Å². The maximum atomic E-state index is 5.27. The molecule has 1 aromatic carbocycles. The molecule has 0 amide bonds. The number of hydrogen-bond donors (Lipinski definition) is 0. The van der Waals surface area contributed by atoms with Crippen LogP contribution in [-0.4, -0.2) is 26.3 Å². The first-order chi connectivity index (χ1) is 8.17. The SMILES string of the molecule is COc1ccc(CN=C=NC(C)C)c(OC)c1. The Kier molecular flexibility index (Phi) is 5.24. The molecule has 4 nitrogen and oxygen atoms in total. The molecule has 0 heterocycles. The summed E-state index contributed by atoms with van der Waals surface area (Å²) in [6, 6.07) is 8.54. The molecule has 17 heavy (non-hydrogen) atoms. The summed E-state index contributed by atoms with van der Waals surface area (Å²) in [5.74, 6) is 1.53. The van der Waals surface area contributed by atoms with Crippen LogP contribution in [0, 0.1) is 0 Å². The number of rotatable bonds is 5. The molecule has 0 N–H and O–H groups in total. The monoisotopic (exact) mass is 234 g/mol. The van der Waals surface area contributed by atoms with E-state index in [0.29, 0.717) is 6.54 Å². The Morgan fingerprint density at radius 1 is 1.24 bits per heavy atom. The van der Waals surface area contributed by atoms with Gasteiger partial charge in [0, 0.05) is 11.6 Å². The molecular formula is C13H18N2O2. The van der Waals surface area contributed by atoms with Crippen molar-refractivity contribution in [3.05, 3.63) is 23.8 Å². The van der Waals surface area contributed by atoms with E-state index >= 15 is 0 Å². The van der Waals surface area contributed by atoms with Gasteiger partial charge in [-0.1, -0.05) is 0 Å². The third-order valence-corrected chi connectivity index (χ3v) is 2.13. The van der Waals surface area contributed by atoms with Gasteiger partial charge in [-0.25, -0.2) is 9.98 Å². The number of hydrogen-bond acceptors (Lipinski definition) is 4. The van der Waals surface area contributed by atoms with Crippen LogP contribution in [0.5, 0.6) is 11.5 Å². The summed E-state index contributed by atoms with van der Waals surface area (Å²) in [4.78, 5) is 8.16. The van der Waals surface area contributed by atoms with Gasteiger partial charge in [0.05, 0.1) is 32.8 Å². The summed E-state index contributed by atoms with van der Waals surface area (Å²) in [6.45, 7) is 4.47. The topological polar surface area (TPSA) is 43.2 Å². The van der Waals surface area contributed by atoms with E-state index in [1.54, 1.807) is 14.2 Å². The van der Waals surface area contributed by atoms with Crippen LogP contribution in [0.3, 0.4) is 0 Å². The summed E-state index contributed by atoms with van der Waals surface area (Å²) in [7, 11) is 3.26. The van der Waals surface area contributed by atoms with Crippen LogP contribution in [-0.2, 0) is 6.54 Å². The normalized spacial score (nSPS) is 9.71. The van der Waals surface area contributed by atoms with Crippen molar-refractivity contribution < 1.29 is 9.47 Å². The molecule has 0 saturated heterocycles. The van der Waals surface area contributed by atoms with E-state index in [0.717, 1.165) is 17.1 Å². The zero-order chi connectivity index (χ0) is 12.7. The van der Waals surface area contributed by atoms with Gasteiger partial charge in [0.1, 0.15) is 11.5 Å². The highest BCUT2D eigenvalue weighted by atomic mass is 16.5. The summed E-state index contributed by atoms with van der Waals surface area (Å²) in [5, 5.41) is 0. The lowest BCUT2D eigenvalue weighted by Crippen LogP contribution is -1.92. The first kappa shape index (κ1) is 13.3. The Hall–Kier alpha value is -1.80. The number of benzene rings is 1. The average molecular weight is 234 g/mol. The number of aliphatic imine (C=N–C) groups is 2. The highest BCUT2D eigenvalue weighted by Gasteiger charge is 2.03. The van der Waals surface area contributed by atoms with Crippen LogP contribution in [0.2, 0.25) is 0 Å². The van der Waals surface area contributed by atoms with E-state index in [1.807, 2.05) is 32.0 Å². The molecule has 0 saturated carbocycles. The van der Waals surface area contributed by atoms with E-state index in [1.165, 1.54) is 0 Å². The number of ether oxygens (including phenoxy) is 2. The summed E-state index contributed by atoms with van der Waals surface area (Å²) in [5.41, 5.74) is 0.986. The molecule has 1 aromatic rings. The van der Waals surface area contributed by atoms with E-state index < -0.39 is 0 Å². The van der Waals surface area contributed by atoms with Crippen LogP contribution in [0.25, 0.3) is 0 Å². The minimum atomic E-state index is 0.219. The van der Waals surface area contributed by atoms with Gasteiger partial charge in [-0.15, -0.1) is 0 Å². The van der Waals surface area contributed by atoms with Crippen molar-refractivity contribution in [1.82, 2.24) is 0 Å². The quantitative estimate of drug-likeness (QED) is 0.735. The largest absolute Gasteiger partial charge is 0.497 e. The van der Waals surface area contributed by atoms with Crippen molar-refractivity contribution in [3.8, 4) is 11.5 Å². The number of nitrogens with zero attached hydrogens (tertiary/aromatic N) is 2. The highest BCUT2D eigenvalue weighted by Crippen LogP contribution is 2.24. The van der Waals surface area contributed by atoms with Gasteiger partial charge in [-0.05, 0) is 26.0 Å². The van der Waals surface area contributed by atoms with Gasteiger partial charge < -0.3 is 9.47 Å². The van der Waals surface area contributed by atoms with Crippen LogP contribution in [0.15, 0.2) is 28.2 Å². The Morgan fingerprint density at radius 3 is 2.59 bits per heavy atom. The van der Waals surface area contributed by atoms with Crippen molar-refractivity contribution in [2.45, 2.75) is 26.4 Å². The lowest BCUT2D eigenvalue weighted by atomic mass is 10.2. The Morgan fingerprint density at radius 2 is 2.00 bits per heavy atom. The zero-order valence-electron chi connectivity index (χ0n) is 10.7. The average Bonchev–Trinajstić information content (AvgIpc) is 2.34. The van der Waals surface area contributed by atoms with E-state index in [9.17, 15) is 0 Å². The predicted molar refractivity (Wildman–Crippen MR) is 68.2 cm³/mol. The molecule has 0 atom stereocenters. The summed E-state index contributed by atoms with van der Waals surface area (Å²) < 4.78 is 10.4. The predicted octanol–water partition coefficient (Wildman–Crippen LogP) is 2.79. The van der Waals surface area contributed by atoms with E-state index in [4.69, 9.17) is 9.47 Å². The molecule has 0 bridgehead atoms. The standard InChI is InChI=1S/C13H18N2O2/c1-10(2)15-9-14-8-11-5-6-12(16-3)7-13(11)17-4/h5-7,10H,8H2,1-4H3. The van der Waals surface area contributed by atoms with Gasteiger partial charge in [0.15, 0.2) is 0 Å². The second-order valence-corrected chi connectivity index (χ2v) is 3.82. The lowest BCUT2D eigenvalue weighted by molar-refractivity contribution is 0.391. The highest BCUT2D eigenvalue weighted by molar-refractivity contribution is 5.44. The summed E-state index contributed by atoms with van der Waals surface area (Å²) in [6.07, 6.45) is 0. The maximum absolute atomic E-state index is 5.27. The second kappa shape index (κ2) is 6.71. The first-order valence-electron chi connectivity index (χ1n) is 5.49. The van der Waals surface area contributed by atoms with Crippen LogP contribution < -0.4 is 9.47 Å². The van der Waals surface area contributed by atoms with Gasteiger partial charge in [0.25, 0.3) is 0 Å². The first-order valence-corrected chi connectivity index (χ1v) is 5.49. The third-order valence-electron chi connectivity index (χ3n) is 2.13. The van der Waals surface area contributed by atoms with Crippen molar-refractivity contribution in [2.24, 2.45) is 9.98 Å². The van der Waals surface area contributed by atoms with Gasteiger partial charge >= 0.3 is 0 Å². The Labute approximate surface area is 102 Å². The van der Waals surface area contributed by atoms with Crippen molar-refractivity contribution in [1.29, 1.82) is 0 Å². The zero-order valence-corrected chi connectivity index (χ0v) is 10.7. The van der Waals surface area contributed by atoms with Gasteiger partial charge in [-0.2, -0.15) is 0 Å². The maximum Gasteiger partial charge on any atom is 0.127 e. The van der Waals surface area contributed by atoms with E-state index in [-0.39, 0.29) is 6.04 Å². The minimum absolute atomic E-state index is 0.219. The minimum Gasteiger partial charge on any atom is -0.497 e. The van der Waals surface area contributed by atoms with Gasteiger partial charge in [-0.3, -0.25) is 0 Å². The summed E-state index contributed by atoms with van der Waals surface area (Å²) >= 11 is 0. The molecule has 0 fully saturated rings. The molecule has 92 valence electrons. The molecule has 0 spiro atoms. The smallest absolute Gasteiger partial charge is 0.127 e. The molecule has 0 aliphatic heterocycles. The van der Waals surface area contributed by atoms with Crippen molar-refractivity contribution in [3.63, 3.8) is 0 Å². The molecule has 0 radical (unpaired) electrons. The fourth-order valence-corrected chi connectivity index (χ4v) is 1.26. The lowest BCUT2D eigenvalue weighted by Gasteiger charge is -2.07. The third kappa shape index (κ3) is 4.29. The number of methoxy groups -OCH3 is 2. The molecule has 0 unspecified atom stereocenters. The fourth-order valence-electron chi connectivity index (χ4n) is 1.26. The second-order valence-electron chi connectivity index (χ2n) is 3.82. The molecule has 4 heteroatoms. The Bertz CT molecular complexity index is 421. The molecule has 0 aliphatic rings. The van der Waals surface area contributed by atoms with Gasteiger partial charge in [0.2, 0.25) is 0 Å². The van der Waals surface area contributed by atoms with Crippen molar-refractivity contribution in [2.75, 3.05) is 14.2 Å². The Balaban J connectivity index is 2.80. The molecule has 0 aromatic heterocycles. The molecular weight excluding hydrogens is 216 g/mol. The van der Waals surface area contributed by atoms with Crippen LogP contribution >= 0.6 is 0 Å². The van der Waals surface area contributed by atoms with E-state index in [2.05, 4.69) is 16.0 Å². The molecule has 0 aliphatic carbocycles. The van der Waals surface area contributed by atoms with Crippen LogP contribution in [0.4, 0.5) is 0 Å². The van der Waals surface area contributed by atoms with Crippen molar-refractivity contribution >= 4 is 6.01 Å².